The van der Waals surface area contributed by atoms with E-state index in [2.05, 4.69) is 21.0 Å². The molecule has 0 unspecified atom stereocenters. The summed E-state index contributed by atoms with van der Waals surface area (Å²) in [6.45, 7) is 2.91. The lowest BCUT2D eigenvalue weighted by Crippen LogP contribution is -2.24. The molecule has 0 aliphatic rings. The molecule has 0 aliphatic heterocycles. The van der Waals surface area contributed by atoms with Crippen LogP contribution in [0.25, 0.3) is 16.8 Å². The van der Waals surface area contributed by atoms with Gasteiger partial charge in [-0.1, -0.05) is 17.7 Å². The molecule has 0 saturated carbocycles. The van der Waals surface area contributed by atoms with Crippen LogP contribution in [0.1, 0.15) is 18.1 Å². The first kappa shape index (κ1) is 19.6. The molecule has 1 aromatic heterocycles. The molecule has 0 radical (unpaired) electrons. The topological polar surface area (TPSA) is 81.9 Å². The van der Waals surface area contributed by atoms with Crippen LogP contribution in [0.5, 0.6) is 5.75 Å². The predicted molar refractivity (Wildman–Crippen MR) is 93.8 cm³/mol. The number of nitrogens with zero attached hydrogens (tertiary/aromatic N) is 4. The van der Waals surface area contributed by atoms with E-state index in [1.165, 1.54) is 30.1 Å². The second-order valence-corrected chi connectivity index (χ2v) is 6.23. The Bertz CT molecular complexity index is 1020. The number of hydrogen-bond donors (Lipinski definition) is 1. The van der Waals surface area contributed by atoms with Crippen molar-refractivity contribution in [2.45, 2.75) is 20.0 Å². The molecular formula is C17H13ClF3N5O2. The van der Waals surface area contributed by atoms with Crippen LogP contribution >= 0.6 is 11.6 Å². The monoisotopic (exact) mass is 411 g/mol. The van der Waals surface area contributed by atoms with Crippen LogP contribution in [0.3, 0.4) is 0 Å². The van der Waals surface area contributed by atoms with Gasteiger partial charge in [-0.05, 0) is 46.7 Å². The van der Waals surface area contributed by atoms with Gasteiger partial charge in [0.2, 0.25) is 5.91 Å². The van der Waals surface area contributed by atoms with Crippen LogP contribution in [0, 0.1) is 6.92 Å². The van der Waals surface area contributed by atoms with Crippen LogP contribution in [0.4, 0.5) is 13.2 Å². The lowest BCUT2D eigenvalue weighted by molar-refractivity contribution is -0.137. The van der Waals surface area contributed by atoms with Crippen LogP contribution in [0.15, 0.2) is 36.7 Å². The molecule has 0 aliphatic carbocycles. The number of carbonyl (C=O) groups is 1. The zero-order valence-electron chi connectivity index (χ0n) is 14.6. The maximum Gasteiger partial charge on any atom is 0.417 e. The summed E-state index contributed by atoms with van der Waals surface area (Å²) in [6.07, 6.45) is -3.29. The van der Waals surface area contributed by atoms with Gasteiger partial charge in [-0.15, -0.1) is 5.10 Å². The fraction of sp³-hybridized carbons (Fsp3) is 0.176. The Morgan fingerprint density at radius 3 is 2.61 bits per heavy atom. The van der Waals surface area contributed by atoms with E-state index < -0.39 is 22.7 Å². The zero-order chi connectivity index (χ0) is 20.5. The van der Waals surface area contributed by atoms with Gasteiger partial charge in [-0.3, -0.25) is 4.79 Å². The average molecular weight is 412 g/mol. The average Bonchev–Trinajstić information content (AvgIpc) is 3.15. The first-order chi connectivity index (χ1) is 13.2. The lowest BCUT2D eigenvalue weighted by atomic mass is 9.97. The summed E-state index contributed by atoms with van der Waals surface area (Å²) in [4.78, 5) is 16.5. The Morgan fingerprint density at radius 1 is 1.25 bits per heavy atom. The normalized spacial score (nSPS) is 11.4. The van der Waals surface area contributed by atoms with Gasteiger partial charge in [-0.25, -0.2) is 4.68 Å². The van der Waals surface area contributed by atoms with Crippen molar-refractivity contribution in [2.24, 2.45) is 0 Å². The second-order valence-electron chi connectivity index (χ2n) is 5.82. The van der Waals surface area contributed by atoms with Crippen molar-refractivity contribution in [3.8, 4) is 22.6 Å². The molecule has 0 atom stereocenters. The van der Waals surface area contributed by atoms with Gasteiger partial charge in [0.1, 0.15) is 6.33 Å². The van der Waals surface area contributed by atoms with Crippen molar-refractivity contribution in [3.63, 3.8) is 0 Å². The molecule has 146 valence electrons. The highest BCUT2D eigenvalue weighted by atomic mass is 35.5. The smallest absolute Gasteiger partial charge is 0.379 e. The minimum absolute atomic E-state index is 0.224. The van der Waals surface area contributed by atoms with E-state index in [0.717, 1.165) is 6.07 Å². The van der Waals surface area contributed by atoms with Crippen molar-refractivity contribution in [1.82, 2.24) is 25.7 Å². The predicted octanol–water partition coefficient (Wildman–Crippen LogP) is 3.74. The molecule has 3 rings (SSSR count). The number of nitrogens with one attached hydrogen (secondary N) is 1. The molecule has 0 spiro atoms. The molecule has 0 bridgehead atoms. The fourth-order valence-corrected chi connectivity index (χ4v) is 2.75. The standard InChI is InChI=1S/C17H13ClF3N5O2/c1-9-13(11-3-4-15(18)14(5-11)17(19,20)21)6-12(26-8-22-24-25-26)7-16(9)28-23-10(2)27/h3-8H,1-2H3,(H,23,27). The number of alkyl halides is 3. The van der Waals surface area contributed by atoms with E-state index in [0.29, 0.717) is 16.8 Å². The summed E-state index contributed by atoms with van der Waals surface area (Å²) in [5, 5.41) is 10.4. The first-order valence-corrected chi connectivity index (χ1v) is 8.23. The first-order valence-electron chi connectivity index (χ1n) is 7.85. The number of tetrazole rings is 1. The minimum atomic E-state index is -4.61. The van der Waals surface area contributed by atoms with Crippen molar-refractivity contribution < 1.29 is 22.8 Å². The molecule has 3 aromatic rings. The molecular weight excluding hydrogens is 399 g/mol. The summed E-state index contributed by atoms with van der Waals surface area (Å²) in [5.41, 5.74) is 2.86. The third kappa shape index (κ3) is 4.06. The third-order valence-corrected chi connectivity index (χ3v) is 4.18. The Labute approximate surface area is 162 Å². The Kier molecular flexibility index (Phi) is 5.23. The minimum Gasteiger partial charge on any atom is -0.379 e. The maximum absolute atomic E-state index is 13.2. The van der Waals surface area contributed by atoms with Gasteiger partial charge < -0.3 is 4.84 Å². The van der Waals surface area contributed by atoms with E-state index in [4.69, 9.17) is 16.4 Å². The van der Waals surface area contributed by atoms with Gasteiger partial charge >= 0.3 is 6.18 Å². The van der Waals surface area contributed by atoms with Crippen molar-refractivity contribution in [3.05, 3.63) is 52.8 Å². The van der Waals surface area contributed by atoms with E-state index in [-0.39, 0.29) is 11.3 Å². The molecule has 1 amide bonds. The fourth-order valence-electron chi connectivity index (χ4n) is 2.53. The van der Waals surface area contributed by atoms with Crippen molar-refractivity contribution in [1.29, 1.82) is 0 Å². The number of amides is 1. The highest BCUT2D eigenvalue weighted by Crippen LogP contribution is 2.39. The number of rotatable bonds is 4. The number of aromatic nitrogens is 4. The SMILES string of the molecule is CC(=O)NOc1cc(-n2cnnn2)cc(-c2ccc(Cl)c(C(F)(F)F)c2)c1C. The Balaban J connectivity index is 2.18. The Morgan fingerprint density at radius 2 is 2.00 bits per heavy atom. The van der Waals surface area contributed by atoms with Crippen LogP contribution in [-0.2, 0) is 11.0 Å². The Hall–Kier alpha value is -3.14. The summed E-state index contributed by atoms with van der Waals surface area (Å²) < 4.78 is 41.1. The van der Waals surface area contributed by atoms with Crippen LogP contribution < -0.4 is 10.3 Å². The van der Waals surface area contributed by atoms with E-state index >= 15 is 0 Å². The van der Waals surface area contributed by atoms with Gasteiger partial charge in [0.25, 0.3) is 0 Å². The molecule has 28 heavy (non-hydrogen) atoms. The molecule has 0 saturated heterocycles. The summed E-state index contributed by atoms with van der Waals surface area (Å²) in [7, 11) is 0. The number of benzene rings is 2. The van der Waals surface area contributed by atoms with Crippen LogP contribution in [0.2, 0.25) is 5.02 Å². The molecule has 1 heterocycles. The van der Waals surface area contributed by atoms with E-state index in [1.54, 1.807) is 19.1 Å². The molecule has 11 heteroatoms. The largest absolute Gasteiger partial charge is 0.417 e. The number of hydrogen-bond acceptors (Lipinski definition) is 5. The van der Waals surface area contributed by atoms with Gasteiger partial charge in [0.05, 0.1) is 16.3 Å². The zero-order valence-corrected chi connectivity index (χ0v) is 15.3. The quantitative estimate of drug-likeness (QED) is 0.661. The number of halogens is 4. The van der Waals surface area contributed by atoms with Crippen molar-refractivity contribution in [2.75, 3.05) is 0 Å². The highest BCUT2D eigenvalue weighted by molar-refractivity contribution is 6.31. The molecule has 0 fully saturated rings. The molecule has 7 nitrogen and oxygen atoms in total. The van der Waals surface area contributed by atoms with Crippen LogP contribution in [-0.4, -0.2) is 26.1 Å². The van der Waals surface area contributed by atoms with E-state index in [1.807, 2.05) is 0 Å². The maximum atomic E-state index is 13.2. The number of carbonyl (C=O) groups excluding carboxylic acids is 1. The summed E-state index contributed by atoms with van der Waals surface area (Å²) in [5.74, 6) is -0.221. The third-order valence-electron chi connectivity index (χ3n) is 3.85. The second kappa shape index (κ2) is 7.47. The highest BCUT2D eigenvalue weighted by Gasteiger charge is 2.33. The lowest BCUT2D eigenvalue weighted by Gasteiger charge is -2.16. The van der Waals surface area contributed by atoms with Gasteiger partial charge in [-0.2, -0.15) is 18.7 Å². The summed E-state index contributed by atoms with van der Waals surface area (Å²) in [6, 6.07) is 6.75. The molecule has 1 N–H and O–H groups in total. The van der Waals surface area contributed by atoms with Crippen molar-refractivity contribution >= 4 is 17.5 Å². The summed E-state index contributed by atoms with van der Waals surface area (Å²) >= 11 is 5.71. The van der Waals surface area contributed by atoms with Gasteiger partial charge in [0.15, 0.2) is 5.75 Å². The van der Waals surface area contributed by atoms with Gasteiger partial charge in [0, 0.05) is 18.6 Å². The molecule has 2 aromatic carbocycles. The van der Waals surface area contributed by atoms with E-state index in [9.17, 15) is 18.0 Å². The number of hydroxylamine groups is 1.